The maximum Gasteiger partial charge on any atom is 0.142 e. The van der Waals surface area contributed by atoms with Crippen molar-refractivity contribution in [2.45, 2.75) is 6.92 Å². The fraction of sp³-hybridized carbons (Fsp3) is 0.0714. The van der Waals surface area contributed by atoms with Crippen molar-refractivity contribution in [3.8, 4) is 28.4 Å². The summed E-state index contributed by atoms with van der Waals surface area (Å²) in [6.45, 7) is 1.87. The zero-order chi connectivity index (χ0) is 15.0. The highest BCUT2D eigenvalue weighted by molar-refractivity contribution is 6.32. The van der Waals surface area contributed by atoms with Crippen LogP contribution in [0.2, 0.25) is 5.02 Å². The van der Waals surface area contributed by atoms with Gasteiger partial charge in [-0.3, -0.25) is 10.1 Å². The molecule has 0 radical (unpaired) electrons. The molecule has 0 bridgehead atoms. The number of benzene rings is 1. The second-order valence-corrected chi connectivity index (χ2v) is 4.99. The van der Waals surface area contributed by atoms with Crippen LogP contribution in [0.4, 0.5) is 5.82 Å². The summed E-state index contributed by atoms with van der Waals surface area (Å²) in [6.07, 6.45) is 1.48. The van der Waals surface area contributed by atoms with E-state index in [2.05, 4.69) is 20.2 Å². The number of hydrogen-bond acceptors (Lipinski definition) is 5. The SMILES string of the molecule is Cc1cc(-c2nc(N)cnc2-c2ccc(O)c(Cl)c2)[nH]n1. The van der Waals surface area contributed by atoms with Crippen LogP contribution in [-0.4, -0.2) is 25.3 Å². The molecule has 0 aliphatic heterocycles. The summed E-state index contributed by atoms with van der Waals surface area (Å²) in [5, 5.41) is 16.8. The minimum absolute atomic E-state index is 0.0164. The summed E-state index contributed by atoms with van der Waals surface area (Å²) in [4.78, 5) is 8.65. The Balaban J connectivity index is 2.20. The number of hydrogen-bond donors (Lipinski definition) is 3. The minimum atomic E-state index is 0.0164. The van der Waals surface area contributed by atoms with Gasteiger partial charge in [-0.2, -0.15) is 5.10 Å². The first-order valence-corrected chi connectivity index (χ1v) is 6.56. The molecule has 0 saturated heterocycles. The molecule has 4 N–H and O–H groups in total. The van der Waals surface area contributed by atoms with Crippen molar-refractivity contribution in [1.29, 1.82) is 0 Å². The summed E-state index contributed by atoms with van der Waals surface area (Å²) >= 11 is 5.95. The highest BCUT2D eigenvalue weighted by Crippen LogP contribution is 2.33. The van der Waals surface area contributed by atoms with Crippen LogP contribution >= 0.6 is 11.6 Å². The van der Waals surface area contributed by atoms with Gasteiger partial charge in [-0.15, -0.1) is 0 Å². The van der Waals surface area contributed by atoms with Gasteiger partial charge in [0.2, 0.25) is 0 Å². The Morgan fingerprint density at radius 2 is 2.05 bits per heavy atom. The van der Waals surface area contributed by atoms with E-state index < -0.39 is 0 Å². The van der Waals surface area contributed by atoms with E-state index in [1.165, 1.54) is 12.3 Å². The van der Waals surface area contributed by atoms with E-state index in [-0.39, 0.29) is 10.8 Å². The fourth-order valence-corrected chi connectivity index (χ4v) is 2.18. The van der Waals surface area contributed by atoms with Gasteiger partial charge in [-0.25, -0.2) is 4.98 Å². The molecule has 106 valence electrons. The van der Waals surface area contributed by atoms with Gasteiger partial charge in [0.1, 0.15) is 17.3 Å². The number of phenols is 1. The maximum absolute atomic E-state index is 9.52. The van der Waals surface area contributed by atoms with Crippen LogP contribution in [0.3, 0.4) is 0 Å². The van der Waals surface area contributed by atoms with E-state index in [0.717, 1.165) is 11.3 Å². The third-order valence-corrected chi connectivity index (χ3v) is 3.28. The normalized spacial score (nSPS) is 10.8. The fourth-order valence-electron chi connectivity index (χ4n) is 2.00. The van der Waals surface area contributed by atoms with Crippen molar-refractivity contribution in [2.75, 3.05) is 5.73 Å². The molecule has 6 nitrogen and oxygen atoms in total. The molecule has 0 unspecified atom stereocenters. The first-order chi connectivity index (χ1) is 10.0. The topological polar surface area (TPSA) is 101 Å². The molecule has 2 heterocycles. The van der Waals surface area contributed by atoms with Crippen molar-refractivity contribution >= 4 is 17.4 Å². The first kappa shape index (κ1) is 13.4. The number of phenolic OH excluding ortho intramolecular Hbond substituents is 1. The van der Waals surface area contributed by atoms with Crippen LogP contribution < -0.4 is 5.73 Å². The monoisotopic (exact) mass is 301 g/mol. The number of rotatable bonds is 2. The number of nitrogen functional groups attached to an aromatic ring is 1. The Morgan fingerprint density at radius 1 is 1.24 bits per heavy atom. The van der Waals surface area contributed by atoms with Gasteiger partial charge in [0.05, 0.1) is 28.3 Å². The van der Waals surface area contributed by atoms with Crippen LogP contribution in [0.15, 0.2) is 30.5 Å². The lowest BCUT2D eigenvalue weighted by Gasteiger charge is -2.08. The number of halogens is 1. The van der Waals surface area contributed by atoms with Gasteiger partial charge in [-0.1, -0.05) is 11.6 Å². The average Bonchev–Trinajstić information content (AvgIpc) is 2.88. The average molecular weight is 302 g/mol. The van der Waals surface area contributed by atoms with E-state index >= 15 is 0 Å². The number of nitrogens with zero attached hydrogens (tertiary/aromatic N) is 3. The molecule has 0 fully saturated rings. The number of anilines is 1. The summed E-state index contributed by atoms with van der Waals surface area (Å²) in [5.41, 5.74) is 9.20. The van der Waals surface area contributed by atoms with Gasteiger partial charge in [0.25, 0.3) is 0 Å². The quantitative estimate of drug-likeness (QED) is 0.675. The van der Waals surface area contributed by atoms with E-state index in [1.807, 2.05) is 13.0 Å². The second-order valence-electron chi connectivity index (χ2n) is 4.58. The number of nitrogens with one attached hydrogen (secondary N) is 1. The van der Waals surface area contributed by atoms with Crippen LogP contribution in [0, 0.1) is 6.92 Å². The molecule has 0 atom stereocenters. The number of aromatic nitrogens is 4. The lowest BCUT2D eigenvalue weighted by Crippen LogP contribution is -1.98. The third kappa shape index (κ3) is 2.53. The standard InChI is InChI=1S/C14H12ClN5O/c1-7-4-10(20-19-7)14-13(17-6-12(16)18-14)8-2-3-11(21)9(15)5-8/h2-6,21H,1H3,(H2,16,18)(H,19,20). The molecule has 7 heteroatoms. The van der Waals surface area contributed by atoms with Crippen LogP contribution in [-0.2, 0) is 0 Å². The molecule has 3 rings (SSSR count). The number of aromatic hydroxyl groups is 1. The Hall–Kier alpha value is -2.60. The van der Waals surface area contributed by atoms with E-state index in [0.29, 0.717) is 22.9 Å². The Bertz CT molecular complexity index is 815. The Labute approximate surface area is 125 Å². The number of aryl methyl sites for hydroxylation is 1. The summed E-state index contributed by atoms with van der Waals surface area (Å²) in [5.74, 6) is 0.327. The minimum Gasteiger partial charge on any atom is -0.506 e. The lowest BCUT2D eigenvalue weighted by molar-refractivity contribution is 0.475. The molecule has 0 aliphatic carbocycles. The molecular weight excluding hydrogens is 290 g/mol. The van der Waals surface area contributed by atoms with Gasteiger partial charge < -0.3 is 10.8 Å². The summed E-state index contributed by atoms with van der Waals surface area (Å²) in [6, 6.07) is 6.71. The largest absolute Gasteiger partial charge is 0.506 e. The van der Waals surface area contributed by atoms with Gasteiger partial charge in [0, 0.05) is 5.56 Å². The zero-order valence-corrected chi connectivity index (χ0v) is 11.9. The molecular formula is C14H12ClN5O. The number of nitrogens with two attached hydrogens (primary N) is 1. The Kier molecular flexibility index (Phi) is 3.23. The summed E-state index contributed by atoms with van der Waals surface area (Å²) < 4.78 is 0. The molecule has 3 aromatic rings. The molecule has 0 saturated carbocycles. The van der Waals surface area contributed by atoms with E-state index in [9.17, 15) is 5.11 Å². The van der Waals surface area contributed by atoms with Crippen molar-refractivity contribution in [1.82, 2.24) is 20.2 Å². The highest BCUT2D eigenvalue weighted by atomic mass is 35.5. The highest BCUT2D eigenvalue weighted by Gasteiger charge is 2.14. The molecule has 0 aliphatic rings. The lowest BCUT2D eigenvalue weighted by atomic mass is 10.1. The maximum atomic E-state index is 9.52. The molecule has 0 amide bonds. The molecule has 21 heavy (non-hydrogen) atoms. The first-order valence-electron chi connectivity index (χ1n) is 6.18. The predicted octanol–water partition coefficient (Wildman–Crippen LogP) is 2.78. The van der Waals surface area contributed by atoms with Crippen molar-refractivity contribution < 1.29 is 5.11 Å². The number of H-pyrrole nitrogens is 1. The van der Waals surface area contributed by atoms with Crippen molar-refractivity contribution in [3.05, 3.63) is 41.2 Å². The number of aromatic amines is 1. The smallest absolute Gasteiger partial charge is 0.142 e. The zero-order valence-electron chi connectivity index (χ0n) is 11.1. The van der Waals surface area contributed by atoms with Gasteiger partial charge in [0.15, 0.2) is 0 Å². The Morgan fingerprint density at radius 3 is 2.71 bits per heavy atom. The molecule has 0 spiro atoms. The molecule has 1 aromatic carbocycles. The van der Waals surface area contributed by atoms with Gasteiger partial charge in [-0.05, 0) is 31.2 Å². The van der Waals surface area contributed by atoms with Crippen LogP contribution in [0.25, 0.3) is 22.6 Å². The van der Waals surface area contributed by atoms with Gasteiger partial charge >= 0.3 is 0 Å². The van der Waals surface area contributed by atoms with Crippen LogP contribution in [0.5, 0.6) is 5.75 Å². The third-order valence-electron chi connectivity index (χ3n) is 2.97. The molecule has 2 aromatic heterocycles. The van der Waals surface area contributed by atoms with Crippen LogP contribution in [0.1, 0.15) is 5.69 Å². The predicted molar refractivity (Wildman–Crippen MR) is 80.9 cm³/mol. The van der Waals surface area contributed by atoms with E-state index in [1.54, 1.807) is 12.1 Å². The second kappa shape index (κ2) is 5.06. The van der Waals surface area contributed by atoms with Crippen molar-refractivity contribution in [2.24, 2.45) is 0 Å². The van der Waals surface area contributed by atoms with Crippen molar-refractivity contribution in [3.63, 3.8) is 0 Å². The summed E-state index contributed by atoms with van der Waals surface area (Å²) in [7, 11) is 0. The van der Waals surface area contributed by atoms with E-state index in [4.69, 9.17) is 17.3 Å².